The molecule has 1 atom stereocenters. The minimum atomic E-state index is -0.736. The van der Waals surface area contributed by atoms with Crippen molar-refractivity contribution in [2.45, 2.75) is 26.9 Å². The number of carbonyl (C=O) groups is 2. The van der Waals surface area contributed by atoms with E-state index in [1.165, 1.54) is 6.26 Å². The van der Waals surface area contributed by atoms with E-state index in [1.807, 2.05) is 13.0 Å². The van der Waals surface area contributed by atoms with Crippen molar-refractivity contribution in [3.05, 3.63) is 82.8 Å². The Morgan fingerprint density at radius 1 is 1.13 bits per heavy atom. The number of nitrogens with zero attached hydrogens (tertiary/aromatic N) is 1. The summed E-state index contributed by atoms with van der Waals surface area (Å²) < 4.78 is 10.7. The van der Waals surface area contributed by atoms with Crippen LogP contribution in [0.1, 0.15) is 35.5 Å². The molecule has 8 heteroatoms. The Morgan fingerprint density at radius 3 is 2.52 bits per heavy atom. The summed E-state index contributed by atoms with van der Waals surface area (Å²) in [7, 11) is 0. The summed E-state index contributed by atoms with van der Waals surface area (Å²) in [5.41, 5.74) is 5.43. The number of hydrogen-bond donors (Lipinski definition) is 2. The van der Waals surface area contributed by atoms with Crippen LogP contribution in [0.4, 0.5) is 5.69 Å². The molecule has 31 heavy (non-hydrogen) atoms. The van der Waals surface area contributed by atoms with E-state index >= 15 is 0 Å². The number of hydrazone groups is 1. The molecule has 1 aromatic heterocycles. The highest BCUT2D eigenvalue weighted by Gasteiger charge is 2.16. The Balaban J connectivity index is 1.57. The Hall–Kier alpha value is -3.58. The fourth-order valence-electron chi connectivity index (χ4n) is 2.65. The molecule has 7 nitrogen and oxygen atoms in total. The molecule has 3 aromatic rings. The average molecular weight is 440 g/mol. The van der Waals surface area contributed by atoms with Crippen LogP contribution >= 0.6 is 11.6 Å². The summed E-state index contributed by atoms with van der Waals surface area (Å²) in [6, 6.07) is 15.6. The Kier molecular flexibility index (Phi) is 7.10. The predicted octanol–water partition coefficient (Wildman–Crippen LogP) is 4.80. The molecular formula is C23H22ClN3O4. The van der Waals surface area contributed by atoms with Crippen molar-refractivity contribution in [1.82, 2.24) is 5.43 Å². The topological polar surface area (TPSA) is 92.9 Å². The number of nitrogens with one attached hydrogen (secondary N) is 2. The highest BCUT2D eigenvalue weighted by molar-refractivity contribution is 6.32. The first-order chi connectivity index (χ1) is 14.8. The number of aryl methyl sites for hydroxylation is 1. The predicted molar refractivity (Wildman–Crippen MR) is 120 cm³/mol. The highest BCUT2D eigenvalue weighted by atomic mass is 35.5. The van der Waals surface area contributed by atoms with E-state index in [4.69, 9.17) is 20.8 Å². The zero-order valence-electron chi connectivity index (χ0n) is 17.3. The van der Waals surface area contributed by atoms with Crippen molar-refractivity contribution < 1.29 is 18.7 Å². The third-order valence-electron chi connectivity index (χ3n) is 4.40. The normalized spacial score (nSPS) is 12.2. The van der Waals surface area contributed by atoms with E-state index in [0.717, 1.165) is 11.1 Å². The van der Waals surface area contributed by atoms with Gasteiger partial charge in [-0.25, -0.2) is 5.43 Å². The maximum Gasteiger partial charge on any atom is 0.307 e. The lowest BCUT2D eigenvalue weighted by Crippen LogP contribution is -2.30. The number of carbonyl (C=O) groups excluding carboxylic acids is 2. The van der Waals surface area contributed by atoms with Gasteiger partial charge in [-0.2, -0.15) is 5.10 Å². The van der Waals surface area contributed by atoms with Crippen molar-refractivity contribution >= 4 is 34.8 Å². The number of anilines is 1. The number of rotatable bonds is 7. The second kappa shape index (κ2) is 9.95. The van der Waals surface area contributed by atoms with Crippen LogP contribution in [0.3, 0.4) is 0 Å². The quantitative estimate of drug-likeness (QED) is 0.408. The SMILES string of the molecule is CC(=NNC(=O)c1ccco1)c1ccc(NC(=O)[C@H](C)Oc2ccc(C)cc2Cl)cc1. The molecule has 2 aromatic carbocycles. The second-order valence-electron chi connectivity index (χ2n) is 6.88. The fraction of sp³-hybridized carbons (Fsp3) is 0.174. The van der Waals surface area contributed by atoms with Crippen LogP contribution in [-0.4, -0.2) is 23.6 Å². The Labute approximate surface area is 185 Å². The molecule has 0 spiro atoms. The van der Waals surface area contributed by atoms with Gasteiger partial charge in [-0.1, -0.05) is 29.8 Å². The van der Waals surface area contributed by atoms with Gasteiger partial charge in [-0.15, -0.1) is 0 Å². The summed E-state index contributed by atoms with van der Waals surface area (Å²) in [5.74, 6) is -0.108. The van der Waals surface area contributed by atoms with Crippen molar-refractivity contribution in [2.24, 2.45) is 5.10 Å². The molecular weight excluding hydrogens is 418 g/mol. The lowest BCUT2D eigenvalue weighted by molar-refractivity contribution is -0.122. The van der Waals surface area contributed by atoms with Crippen molar-refractivity contribution in [3.63, 3.8) is 0 Å². The first-order valence-electron chi connectivity index (χ1n) is 9.55. The smallest absolute Gasteiger partial charge is 0.307 e. The van der Waals surface area contributed by atoms with Crippen LogP contribution < -0.4 is 15.5 Å². The van der Waals surface area contributed by atoms with E-state index in [2.05, 4.69) is 15.8 Å². The molecule has 0 aliphatic heterocycles. The van der Waals surface area contributed by atoms with Gasteiger partial charge in [0, 0.05) is 5.69 Å². The number of ether oxygens (including phenoxy) is 1. The summed E-state index contributed by atoms with van der Waals surface area (Å²) in [6.07, 6.45) is 0.680. The Morgan fingerprint density at radius 2 is 1.87 bits per heavy atom. The van der Waals surface area contributed by atoms with Crippen LogP contribution in [0.25, 0.3) is 0 Å². The molecule has 0 aliphatic rings. The van der Waals surface area contributed by atoms with Crippen molar-refractivity contribution in [1.29, 1.82) is 0 Å². The summed E-state index contributed by atoms with van der Waals surface area (Å²) in [5, 5.41) is 7.32. The molecule has 0 saturated heterocycles. The van der Waals surface area contributed by atoms with Gasteiger partial charge in [0.1, 0.15) is 5.75 Å². The lowest BCUT2D eigenvalue weighted by atomic mass is 10.1. The maximum absolute atomic E-state index is 12.4. The van der Waals surface area contributed by atoms with E-state index in [0.29, 0.717) is 22.2 Å². The Bertz CT molecular complexity index is 1090. The number of benzene rings is 2. The molecule has 1 heterocycles. The number of furan rings is 1. The van der Waals surface area contributed by atoms with E-state index < -0.39 is 12.0 Å². The first-order valence-corrected chi connectivity index (χ1v) is 9.93. The molecule has 3 rings (SSSR count). The third kappa shape index (κ3) is 5.96. The van der Waals surface area contributed by atoms with Gasteiger partial charge in [0.15, 0.2) is 11.9 Å². The largest absolute Gasteiger partial charge is 0.479 e. The minimum absolute atomic E-state index is 0.179. The van der Waals surface area contributed by atoms with Gasteiger partial charge in [0.05, 0.1) is 17.0 Å². The van der Waals surface area contributed by atoms with E-state index in [-0.39, 0.29) is 11.7 Å². The first kappa shape index (κ1) is 22.1. The summed E-state index contributed by atoms with van der Waals surface area (Å²) >= 11 is 6.16. The number of amides is 2. The van der Waals surface area contributed by atoms with Crippen molar-refractivity contribution in [2.75, 3.05) is 5.32 Å². The van der Waals surface area contributed by atoms with Crippen LogP contribution in [0.15, 0.2) is 70.4 Å². The van der Waals surface area contributed by atoms with Gasteiger partial charge in [0.25, 0.3) is 5.91 Å². The van der Waals surface area contributed by atoms with E-state index in [1.54, 1.807) is 62.4 Å². The highest BCUT2D eigenvalue weighted by Crippen LogP contribution is 2.26. The standard InChI is InChI=1S/C23H22ClN3O4/c1-14-6-11-20(19(24)13-14)31-16(3)22(28)25-18-9-7-17(8-10-18)15(2)26-27-23(29)21-5-4-12-30-21/h4-13,16H,1-3H3,(H,25,28)(H,27,29)/t16-/m0/s1. The van der Waals surface area contributed by atoms with Gasteiger partial charge >= 0.3 is 5.91 Å². The summed E-state index contributed by atoms with van der Waals surface area (Å²) in [6.45, 7) is 5.34. The maximum atomic E-state index is 12.4. The molecule has 0 unspecified atom stereocenters. The van der Waals surface area contributed by atoms with Gasteiger partial charge in [0.2, 0.25) is 0 Å². The van der Waals surface area contributed by atoms with Crippen LogP contribution in [0.2, 0.25) is 5.02 Å². The monoisotopic (exact) mass is 439 g/mol. The third-order valence-corrected chi connectivity index (χ3v) is 4.70. The van der Waals surface area contributed by atoms with E-state index in [9.17, 15) is 9.59 Å². The van der Waals surface area contributed by atoms with Crippen molar-refractivity contribution in [3.8, 4) is 5.75 Å². The van der Waals surface area contributed by atoms with Gasteiger partial charge < -0.3 is 14.5 Å². The molecule has 2 N–H and O–H groups in total. The molecule has 160 valence electrons. The zero-order valence-corrected chi connectivity index (χ0v) is 18.1. The number of hydrogen-bond acceptors (Lipinski definition) is 5. The van der Waals surface area contributed by atoms with Gasteiger partial charge in [-0.3, -0.25) is 9.59 Å². The molecule has 0 bridgehead atoms. The lowest BCUT2D eigenvalue weighted by Gasteiger charge is -2.16. The van der Waals surface area contributed by atoms with Crippen LogP contribution in [0, 0.1) is 6.92 Å². The molecule has 0 radical (unpaired) electrons. The molecule has 2 amide bonds. The average Bonchev–Trinajstić information content (AvgIpc) is 3.29. The molecule has 0 fully saturated rings. The minimum Gasteiger partial charge on any atom is -0.479 e. The van der Waals surface area contributed by atoms with Gasteiger partial charge in [-0.05, 0) is 68.3 Å². The number of halogens is 1. The summed E-state index contributed by atoms with van der Waals surface area (Å²) in [4.78, 5) is 24.3. The fourth-order valence-corrected chi connectivity index (χ4v) is 2.93. The molecule has 0 saturated carbocycles. The second-order valence-corrected chi connectivity index (χ2v) is 7.28. The zero-order chi connectivity index (χ0) is 22.4. The molecule has 0 aliphatic carbocycles. The van der Waals surface area contributed by atoms with Crippen LogP contribution in [0.5, 0.6) is 5.75 Å². The van der Waals surface area contributed by atoms with Crippen LogP contribution in [-0.2, 0) is 4.79 Å².